The molecule has 0 bridgehead atoms. The summed E-state index contributed by atoms with van der Waals surface area (Å²) in [6.07, 6.45) is 0. The van der Waals surface area contributed by atoms with E-state index in [1.165, 1.54) is 0 Å². The van der Waals surface area contributed by atoms with Gasteiger partial charge in [0.25, 0.3) is 0 Å². The van der Waals surface area contributed by atoms with Gasteiger partial charge in [-0.05, 0) is 11.6 Å². The van der Waals surface area contributed by atoms with E-state index in [1.54, 1.807) is 13.2 Å². The molecule has 1 rings (SSSR count). The van der Waals surface area contributed by atoms with Gasteiger partial charge in [-0.1, -0.05) is 36.0 Å². The molecular weight excluding hydrogens is 284 g/mol. The van der Waals surface area contributed by atoms with Crippen LogP contribution in [0.2, 0.25) is 5.02 Å². The largest absolute Gasteiger partial charge is 0.395 e. The van der Waals surface area contributed by atoms with E-state index < -0.39 is 0 Å². The van der Waals surface area contributed by atoms with Crippen LogP contribution in [0.3, 0.4) is 0 Å². The molecule has 1 aromatic rings. The van der Waals surface area contributed by atoms with Crippen LogP contribution in [0.4, 0.5) is 0 Å². The minimum atomic E-state index is 0.103. The third-order valence-electron chi connectivity index (χ3n) is 2.76. The monoisotopic (exact) mass is 302 g/mol. The summed E-state index contributed by atoms with van der Waals surface area (Å²) in [5, 5.41) is 9.68. The van der Waals surface area contributed by atoms with E-state index in [0.717, 1.165) is 17.7 Å². The maximum Gasteiger partial charge on any atom is 0.104 e. The summed E-state index contributed by atoms with van der Waals surface area (Å²) >= 11 is 11.1. The number of hydrogen-bond donors (Lipinski definition) is 2. The number of nitrogens with two attached hydrogens (primary N) is 1. The number of rotatable bonds is 8. The Bertz CT molecular complexity index is 429. The second-order valence-electron chi connectivity index (χ2n) is 4.16. The number of benzene rings is 1. The van der Waals surface area contributed by atoms with Gasteiger partial charge in [-0.15, -0.1) is 0 Å². The van der Waals surface area contributed by atoms with Gasteiger partial charge in [-0.2, -0.15) is 0 Å². The first-order valence-electron chi connectivity index (χ1n) is 5.99. The van der Waals surface area contributed by atoms with Gasteiger partial charge < -0.3 is 15.6 Å². The molecule has 0 saturated heterocycles. The molecule has 0 aromatic heterocycles. The Morgan fingerprint density at radius 2 is 2.21 bits per heavy atom. The van der Waals surface area contributed by atoms with Crippen LogP contribution in [0.5, 0.6) is 0 Å². The molecule has 1 aromatic carbocycles. The van der Waals surface area contributed by atoms with Crippen molar-refractivity contribution in [3.8, 4) is 0 Å². The average molecular weight is 303 g/mol. The lowest BCUT2D eigenvalue weighted by molar-refractivity contribution is 0.127. The zero-order valence-electron chi connectivity index (χ0n) is 10.9. The standard InChI is InChI=1S/C13H19ClN2O2S/c1-18-7-5-16(4-6-17)9-11-3-2-10(13(15)19)8-12(11)14/h2-3,8,17H,4-7,9H2,1H3,(H2,15,19). The predicted molar refractivity (Wildman–Crippen MR) is 81.6 cm³/mol. The van der Waals surface area contributed by atoms with Gasteiger partial charge in [0.1, 0.15) is 4.99 Å². The fourth-order valence-electron chi connectivity index (χ4n) is 1.70. The zero-order chi connectivity index (χ0) is 14.3. The second-order valence-corrected chi connectivity index (χ2v) is 5.01. The van der Waals surface area contributed by atoms with Gasteiger partial charge in [0.2, 0.25) is 0 Å². The number of ether oxygens (including phenoxy) is 1. The number of hydrogen-bond acceptors (Lipinski definition) is 4. The fourth-order valence-corrected chi connectivity index (χ4v) is 2.07. The van der Waals surface area contributed by atoms with Crippen LogP contribution >= 0.6 is 23.8 Å². The van der Waals surface area contributed by atoms with Crippen molar-refractivity contribution in [2.75, 3.05) is 33.4 Å². The molecule has 0 amide bonds. The first-order valence-corrected chi connectivity index (χ1v) is 6.77. The lowest BCUT2D eigenvalue weighted by Gasteiger charge is -2.21. The highest BCUT2D eigenvalue weighted by molar-refractivity contribution is 7.80. The van der Waals surface area contributed by atoms with Crippen molar-refractivity contribution in [2.45, 2.75) is 6.54 Å². The SMILES string of the molecule is COCCN(CCO)Cc1ccc(C(N)=S)cc1Cl. The first kappa shape index (κ1) is 16.3. The van der Waals surface area contributed by atoms with Gasteiger partial charge >= 0.3 is 0 Å². The van der Waals surface area contributed by atoms with Crippen molar-refractivity contribution in [1.82, 2.24) is 4.90 Å². The van der Waals surface area contributed by atoms with E-state index in [0.29, 0.717) is 29.7 Å². The summed E-state index contributed by atoms with van der Waals surface area (Å²) < 4.78 is 5.05. The summed E-state index contributed by atoms with van der Waals surface area (Å²) in [6, 6.07) is 5.54. The quantitative estimate of drug-likeness (QED) is 0.711. The van der Waals surface area contributed by atoms with E-state index in [1.807, 2.05) is 12.1 Å². The molecule has 0 heterocycles. The molecule has 0 fully saturated rings. The van der Waals surface area contributed by atoms with Crippen LogP contribution in [0.15, 0.2) is 18.2 Å². The highest BCUT2D eigenvalue weighted by Gasteiger charge is 2.09. The Morgan fingerprint density at radius 1 is 1.47 bits per heavy atom. The average Bonchev–Trinajstić information content (AvgIpc) is 2.38. The predicted octanol–water partition coefficient (Wildman–Crippen LogP) is 1.41. The van der Waals surface area contributed by atoms with E-state index >= 15 is 0 Å². The Balaban J connectivity index is 2.75. The van der Waals surface area contributed by atoms with Gasteiger partial charge in [0, 0.05) is 37.3 Å². The zero-order valence-corrected chi connectivity index (χ0v) is 12.5. The lowest BCUT2D eigenvalue weighted by atomic mass is 10.1. The fraction of sp³-hybridized carbons (Fsp3) is 0.462. The molecule has 0 aliphatic rings. The summed E-state index contributed by atoms with van der Waals surface area (Å²) in [6.45, 7) is 2.69. The topological polar surface area (TPSA) is 58.7 Å². The van der Waals surface area contributed by atoms with E-state index in [2.05, 4.69) is 4.90 Å². The molecule has 6 heteroatoms. The van der Waals surface area contributed by atoms with E-state index in [-0.39, 0.29) is 6.61 Å². The van der Waals surface area contributed by atoms with Crippen LogP contribution in [-0.2, 0) is 11.3 Å². The van der Waals surface area contributed by atoms with E-state index in [4.69, 9.17) is 39.4 Å². The van der Waals surface area contributed by atoms with Gasteiger partial charge in [-0.25, -0.2) is 0 Å². The van der Waals surface area contributed by atoms with Crippen molar-refractivity contribution < 1.29 is 9.84 Å². The van der Waals surface area contributed by atoms with Crippen LogP contribution < -0.4 is 5.73 Å². The van der Waals surface area contributed by atoms with Crippen LogP contribution in [0.25, 0.3) is 0 Å². The van der Waals surface area contributed by atoms with Crippen LogP contribution in [-0.4, -0.2) is 48.4 Å². The minimum absolute atomic E-state index is 0.103. The Labute approximate surface area is 124 Å². The van der Waals surface area contributed by atoms with Crippen LogP contribution in [0.1, 0.15) is 11.1 Å². The van der Waals surface area contributed by atoms with Gasteiger partial charge in [0.05, 0.1) is 13.2 Å². The smallest absolute Gasteiger partial charge is 0.104 e. The third kappa shape index (κ3) is 5.42. The molecule has 106 valence electrons. The number of aliphatic hydroxyl groups excluding tert-OH is 1. The summed E-state index contributed by atoms with van der Waals surface area (Å²) in [4.78, 5) is 2.41. The normalized spacial score (nSPS) is 10.9. The molecule has 0 radical (unpaired) electrons. The van der Waals surface area contributed by atoms with Gasteiger partial charge in [0.15, 0.2) is 0 Å². The van der Waals surface area contributed by atoms with Crippen LogP contribution in [0, 0.1) is 0 Å². The maximum atomic E-state index is 9.05. The van der Waals surface area contributed by atoms with Crippen molar-refractivity contribution in [3.05, 3.63) is 34.3 Å². The van der Waals surface area contributed by atoms with Gasteiger partial charge in [-0.3, -0.25) is 4.90 Å². The van der Waals surface area contributed by atoms with E-state index in [9.17, 15) is 0 Å². The lowest BCUT2D eigenvalue weighted by Crippen LogP contribution is -2.30. The molecule has 0 spiro atoms. The molecule has 3 N–H and O–H groups in total. The Morgan fingerprint density at radius 3 is 2.74 bits per heavy atom. The van der Waals surface area contributed by atoms with Crippen molar-refractivity contribution in [2.24, 2.45) is 5.73 Å². The number of methoxy groups -OCH3 is 1. The van der Waals surface area contributed by atoms with Crippen molar-refractivity contribution in [3.63, 3.8) is 0 Å². The Hall–Kier alpha value is -0.720. The summed E-state index contributed by atoms with van der Waals surface area (Å²) in [5.74, 6) is 0. The van der Waals surface area contributed by atoms with Crippen molar-refractivity contribution in [1.29, 1.82) is 0 Å². The molecule has 19 heavy (non-hydrogen) atoms. The molecule has 0 aliphatic heterocycles. The number of thiocarbonyl (C=S) groups is 1. The third-order valence-corrected chi connectivity index (χ3v) is 3.35. The Kier molecular flexibility index (Phi) is 7.27. The molecule has 0 atom stereocenters. The van der Waals surface area contributed by atoms with Crippen molar-refractivity contribution >= 4 is 28.8 Å². The molecular formula is C13H19ClN2O2S. The number of aliphatic hydroxyl groups is 1. The highest BCUT2D eigenvalue weighted by atomic mass is 35.5. The molecule has 0 saturated carbocycles. The maximum absolute atomic E-state index is 9.05. The molecule has 0 aliphatic carbocycles. The first-order chi connectivity index (χ1) is 9.08. The minimum Gasteiger partial charge on any atom is -0.395 e. The second kappa shape index (κ2) is 8.45. The summed E-state index contributed by atoms with van der Waals surface area (Å²) in [5.41, 5.74) is 7.30. The molecule has 4 nitrogen and oxygen atoms in total. The summed E-state index contributed by atoms with van der Waals surface area (Å²) in [7, 11) is 1.65. The highest BCUT2D eigenvalue weighted by Crippen LogP contribution is 2.19. The molecule has 0 unspecified atom stereocenters. The number of nitrogens with zero attached hydrogens (tertiary/aromatic N) is 1. The number of halogens is 1.